The van der Waals surface area contributed by atoms with Gasteiger partial charge in [-0.3, -0.25) is 9.59 Å². The summed E-state index contributed by atoms with van der Waals surface area (Å²) in [5.74, 6) is -1.76. The van der Waals surface area contributed by atoms with Gasteiger partial charge < -0.3 is 9.11 Å². The van der Waals surface area contributed by atoms with Crippen molar-refractivity contribution in [3.8, 4) is 0 Å². The van der Waals surface area contributed by atoms with Crippen LogP contribution in [0, 0.1) is 0 Å². The first-order chi connectivity index (χ1) is 11.0. The Kier molecular flexibility index (Phi) is 8.34. The maximum absolute atomic E-state index is 12.5. The smallest absolute Gasteiger partial charge is 0.744 e. The first-order valence-corrected chi connectivity index (χ1v) is 9.12. The van der Waals surface area contributed by atoms with Crippen molar-refractivity contribution in [2.75, 3.05) is 0 Å². The van der Waals surface area contributed by atoms with Crippen LogP contribution in [0.15, 0.2) is 46.2 Å². The van der Waals surface area contributed by atoms with Gasteiger partial charge in [-0.05, 0) is 12.1 Å². The minimum atomic E-state index is -5.31. The quantitative estimate of drug-likeness (QED) is 0.280. The van der Waals surface area contributed by atoms with Crippen LogP contribution in [0.3, 0.4) is 0 Å². The van der Waals surface area contributed by atoms with Crippen molar-refractivity contribution >= 4 is 31.8 Å². The molecule has 12 heteroatoms. The number of hydrogen-bond acceptors (Lipinski definition) is 8. The molecule has 0 saturated heterocycles. The van der Waals surface area contributed by atoms with E-state index in [0.717, 1.165) is 0 Å². The zero-order chi connectivity index (χ0) is 17.9. The number of carbonyl (C=O) groups excluding carboxylic acids is 2. The molecule has 2 aromatic carbocycles. The Hall–Kier alpha value is 0.873. The summed E-state index contributed by atoms with van der Waals surface area (Å²) in [5.41, 5.74) is -1.52. The molecule has 0 amide bonds. The van der Waals surface area contributed by atoms with Crippen LogP contribution in [0.5, 0.6) is 0 Å². The number of hydrogen-bond donors (Lipinski definition) is 0. The Bertz CT molecular complexity index is 1140. The summed E-state index contributed by atoms with van der Waals surface area (Å²) in [4.78, 5) is 22.7. The normalized spacial score (nSPS) is 13.2. The summed E-state index contributed by atoms with van der Waals surface area (Å²) in [6.45, 7) is 0. The van der Waals surface area contributed by atoms with E-state index in [2.05, 4.69) is 0 Å². The molecule has 0 N–H and O–H groups in total. The van der Waals surface area contributed by atoms with Gasteiger partial charge in [0.05, 0.1) is 15.4 Å². The topological polar surface area (TPSA) is 149 Å². The van der Waals surface area contributed by atoms with Crippen molar-refractivity contribution < 1.29 is 138 Å². The molecule has 0 saturated carbocycles. The van der Waals surface area contributed by atoms with Crippen molar-refractivity contribution in [3.63, 3.8) is 0 Å². The van der Waals surface area contributed by atoms with E-state index in [0.29, 0.717) is 12.1 Å². The second-order valence-electron chi connectivity index (χ2n) is 4.96. The van der Waals surface area contributed by atoms with E-state index >= 15 is 0 Å². The Morgan fingerprint density at radius 3 is 1.65 bits per heavy atom. The summed E-state index contributed by atoms with van der Waals surface area (Å²) in [6.07, 6.45) is 0. The van der Waals surface area contributed by atoms with Crippen molar-refractivity contribution in [1.29, 1.82) is 0 Å². The van der Waals surface area contributed by atoms with Crippen LogP contribution >= 0.6 is 0 Å². The Labute approximate surface area is 234 Å². The van der Waals surface area contributed by atoms with Gasteiger partial charge in [-0.2, -0.15) is 0 Å². The molecule has 2 aromatic rings. The van der Waals surface area contributed by atoms with E-state index in [1.54, 1.807) is 0 Å². The van der Waals surface area contributed by atoms with Crippen molar-refractivity contribution in [3.05, 3.63) is 58.7 Å². The second-order valence-corrected chi connectivity index (χ2v) is 7.68. The molecule has 1 aliphatic rings. The van der Waals surface area contributed by atoms with Crippen LogP contribution in [-0.2, 0) is 20.2 Å². The Morgan fingerprint density at radius 1 is 0.692 bits per heavy atom. The van der Waals surface area contributed by atoms with E-state index in [-0.39, 0.29) is 114 Å². The van der Waals surface area contributed by atoms with Crippen LogP contribution in [-0.4, -0.2) is 37.5 Å². The van der Waals surface area contributed by atoms with Gasteiger partial charge in [-0.1, -0.05) is 24.3 Å². The SMILES string of the molecule is O=C1c2ccccc2C(=O)c2c1cc(S(=O)(=O)[O-])cc2S(=O)(=O)[O-].[K+].[K+]. The van der Waals surface area contributed by atoms with E-state index in [4.69, 9.17) is 0 Å². The fourth-order valence-corrected chi connectivity index (χ4v) is 3.83. The number of ketones is 2. The maximum Gasteiger partial charge on any atom is 1.00 e. The molecule has 0 bridgehead atoms. The van der Waals surface area contributed by atoms with Crippen LogP contribution in [0.1, 0.15) is 31.8 Å². The molecule has 0 fully saturated rings. The summed E-state index contributed by atoms with van der Waals surface area (Å²) < 4.78 is 67.8. The first kappa shape index (κ1) is 24.9. The van der Waals surface area contributed by atoms with Crippen LogP contribution in [0.2, 0.25) is 0 Å². The third kappa shape index (κ3) is 4.54. The molecular formula is C14H6K2O8S2. The van der Waals surface area contributed by atoms with Gasteiger partial charge in [-0.15, -0.1) is 0 Å². The van der Waals surface area contributed by atoms with Crippen molar-refractivity contribution in [1.82, 2.24) is 0 Å². The molecule has 124 valence electrons. The number of fused-ring (bicyclic) bond motifs is 2. The molecule has 1 aliphatic carbocycles. The van der Waals surface area contributed by atoms with Gasteiger partial charge in [0.25, 0.3) is 0 Å². The van der Waals surface area contributed by atoms with Crippen LogP contribution < -0.4 is 103 Å². The third-order valence-electron chi connectivity index (χ3n) is 3.52. The van der Waals surface area contributed by atoms with Gasteiger partial charge in [0.2, 0.25) is 0 Å². The first-order valence-electron chi connectivity index (χ1n) is 6.30. The van der Waals surface area contributed by atoms with Crippen LogP contribution in [0.25, 0.3) is 0 Å². The van der Waals surface area contributed by atoms with Crippen molar-refractivity contribution in [2.45, 2.75) is 9.79 Å². The maximum atomic E-state index is 12.5. The molecule has 0 radical (unpaired) electrons. The van der Waals surface area contributed by atoms with Gasteiger partial charge >= 0.3 is 103 Å². The largest absolute Gasteiger partial charge is 1.00 e. The van der Waals surface area contributed by atoms with E-state index in [9.17, 15) is 35.5 Å². The fourth-order valence-electron chi connectivity index (χ4n) is 2.50. The number of rotatable bonds is 2. The zero-order valence-corrected chi connectivity index (χ0v) is 21.4. The predicted molar refractivity (Wildman–Crippen MR) is 75.7 cm³/mol. The summed E-state index contributed by atoms with van der Waals surface area (Å²) in [7, 11) is -10.5. The van der Waals surface area contributed by atoms with E-state index in [1.165, 1.54) is 24.3 Å². The molecule has 26 heavy (non-hydrogen) atoms. The molecule has 0 aromatic heterocycles. The molecule has 0 atom stereocenters. The minimum Gasteiger partial charge on any atom is -0.744 e. The Morgan fingerprint density at radius 2 is 1.19 bits per heavy atom. The molecular weight excluding hydrogens is 438 g/mol. The second kappa shape index (κ2) is 8.71. The fraction of sp³-hybridized carbons (Fsp3) is 0. The third-order valence-corrected chi connectivity index (χ3v) is 5.20. The van der Waals surface area contributed by atoms with Crippen LogP contribution in [0.4, 0.5) is 0 Å². The molecule has 0 unspecified atom stereocenters. The average Bonchev–Trinajstić information content (AvgIpc) is 2.49. The molecule has 0 spiro atoms. The van der Waals surface area contributed by atoms with E-state index < -0.39 is 52.7 Å². The summed E-state index contributed by atoms with van der Waals surface area (Å²) in [5, 5.41) is 0. The van der Waals surface area contributed by atoms with Gasteiger partial charge in [-0.25, -0.2) is 16.8 Å². The average molecular weight is 445 g/mol. The van der Waals surface area contributed by atoms with Gasteiger partial charge in [0.15, 0.2) is 11.6 Å². The summed E-state index contributed by atoms with van der Waals surface area (Å²) in [6, 6.07) is 6.39. The summed E-state index contributed by atoms with van der Waals surface area (Å²) >= 11 is 0. The van der Waals surface area contributed by atoms with Gasteiger partial charge in [0, 0.05) is 16.7 Å². The number of benzene rings is 2. The zero-order valence-electron chi connectivity index (χ0n) is 13.5. The molecule has 3 rings (SSSR count). The van der Waals surface area contributed by atoms with Gasteiger partial charge in [0.1, 0.15) is 20.2 Å². The monoisotopic (exact) mass is 444 g/mol. The number of carbonyl (C=O) groups is 2. The minimum absolute atomic E-state index is 0. The molecule has 0 heterocycles. The molecule has 8 nitrogen and oxygen atoms in total. The standard InChI is InChI=1S/C14H8O8S2.2K/c15-13-8-3-1-2-4-9(8)14(16)12-10(13)5-7(23(17,18)19)6-11(12)24(20,21)22;;/h1-6H,(H,17,18,19)(H,20,21,22);;/q;2*+1/p-2. The van der Waals surface area contributed by atoms with Crippen molar-refractivity contribution in [2.24, 2.45) is 0 Å². The molecule has 0 aliphatic heterocycles. The van der Waals surface area contributed by atoms with E-state index in [1.807, 2.05) is 0 Å². The Balaban J connectivity index is 0.00000169. The predicted octanol–water partition coefficient (Wildman–Crippen LogP) is -5.72.